The fourth-order valence-electron chi connectivity index (χ4n) is 1.37. The van der Waals surface area contributed by atoms with E-state index in [2.05, 4.69) is 20.3 Å². The van der Waals surface area contributed by atoms with E-state index in [0.29, 0.717) is 15.9 Å². The van der Waals surface area contributed by atoms with Crippen molar-refractivity contribution in [3.8, 4) is 0 Å². The minimum Gasteiger partial charge on any atom is -0.468 e. The molecule has 6 nitrogen and oxygen atoms in total. The monoisotopic (exact) mass is 316 g/mol. The Kier molecular flexibility index (Phi) is 4.91. The number of benzene rings is 1. The van der Waals surface area contributed by atoms with Crippen molar-refractivity contribution in [3.63, 3.8) is 0 Å². The lowest BCUT2D eigenvalue weighted by Crippen LogP contribution is -2.13. The van der Waals surface area contributed by atoms with Gasteiger partial charge in [-0.05, 0) is 28.1 Å². The van der Waals surface area contributed by atoms with Crippen molar-refractivity contribution >= 4 is 29.3 Å². The van der Waals surface area contributed by atoms with Gasteiger partial charge < -0.3 is 4.74 Å². The normalized spacial score (nSPS) is 10.6. The average Bonchev–Trinajstić information content (AvgIpc) is 2.85. The van der Waals surface area contributed by atoms with E-state index in [1.54, 1.807) is 6.07 Å². The van der Waals surface area contributed by atoms with E-state index >= 15 is 0 Å². The number of rotatable bonds is 5. The van der Waals surface area contributed by atoms with Crippen LogP contribution in [0.4, 0.5) is 4.39 Å². The first-order valence-electron chi connectivity index (χ1n) is 5.50. The third-order valence-corrected chi connectivity index (χ3v) is 3.74. The molecular weight excluding hydrogens is 307 g/mol. The summed E-state index contributed by atoms with van der Waals surface area (Å²) in [6, 6.07) is 4.17. The second-order valence-corrected chi connectivity index (χ2v) is 5.07. The number of hydrogen-bond donors (Lipinski definition) is 0. The van der Waals surface area contributed by atoms with Gasteiger partial charge in [0.1, 0.15) is 12.4 Å². The number of tetrazole rings is 1. The number of esters is 1. The number of aromatic nitrogens is 4. The molecule has 0 fully saturated rings. The summed E-state index contributed by atoms with van der Waals surface area (Å²) in [7, 11) is 1.29. The molecule has 1 aromatic carbocycles. The number of hydrogen-bond acceptors (Lipinski definition) is 6. The first-order chi connectivity index (χ1) is 9.60. The molecule has 0 bridgehead atoms. The largest absolute Gasteiger partial charge is 0.468 e. The maximum Gasteiger partial charge on any atom is 0.327 e. The van der Waals surface area contributed by atoms with Crippen LogP contribution in [0, 0.1) is 5.82 Å². The number of ether oxygens (including phenoxy) is 1. The molecule has 1 aromatic heterocycles. The predicted octanol–water partition coefficient (Wildman–Crippen LogP) is 1.93. The second kappa shape index (κ2) is 6.67. The van der Waals surface area contributed by atoms with Gasteiger partial charge >= 0.3 is 5.97 Å². The highest BCUT2D eigenvalue weighted by Gasteiger charge is 2.12. The molecule has 1 heterocycles. The summed E-state index contributed by atoms with van der Waals surface area (Å²) in [6.07, 6.45) is 0. The van der Waals surface area contributed by atoms with Crippen LogP contribution in [0.3, 0.4) is 0 Å². The molecule has 9 heteroatoms. The highest BCUT2D eigenvalue weighted by Crippen LogP contribution is 2.25. The minimum atomic E-state index is -0.445. The molecule has 0 aliphatic rings. The van der Waals surface area contributed by atoms with Crippen molar-refractivity contribution in [3.05, 3.63) is 34.6 Å². The fraction of sp³-hybridized carbons (Fsp3) is 0.273. The van der Waals surface area contributed by atoms with Gasteiger partial charge in [0.05, 0.1) is 7.11 Å². The summed E-state index contributed by atoms with van der Waals surface area (Å²) in [5.74, 6) is -0.376. The van der Waals surface area contributed by atoms with Crippen LogP contribution in [0.1, 0.15) is 5.56 Å². The number of methoxy groups -OCH3 is 1. The Balaban J connectivity index is 2.04. The summed E-state index contributed by atoms with van der Waals surface area (Å²) < 4.78 is 18.8. The third kappa shape index (κ3) is 3.67. The molecule has 0 saturated carbocycles. The van der Waals surface area contributed by atoms with Crippen LogP contribution in [0.25, 0.3) is 0 Å². The van der Waals surface area contributed by atoms with Gasteiger partial charge in [-0.15, -0.1) is 5.10 Å². The van der Waals surface area contributed by atoms with Crippen molar-refractivity contribution in [2.45, 2.75) is 17.5 Å². The summed E-state index contributed by atoms with van der Waals surface area (Å²) in [5, 5.41) is 11.8. The standard InChI is InChI=1S/C11H10ClFN4O2S/c1-19-10(18)5-17-11(14-15-16-17)20-6-7-2-3-8(13)4-9(7)12/h2-4H,5-6H2,1H3. The van der Waals surface area contributed by atoms with Gasteiger partial charge in [0, 0.05) is 10.8 Å². The van der Waals surface area contributed by atoms with Crippen molar-refractivity contribution in [1.29, 1.82) is 0 Å². The van der Waals surface area contributed by atoms with E-state index in [-0.39, 0.29) is 12.4 Å². The van der Waals surface area contributed by atoms with E-state index in [9.17, 15) is 9.18 Å². The van der Waals surface area contributed by atoms with Gasteiger partial charge in [0.25, 0.3) is 0 Å². The number of carbonyl (C=O) groups excluding carboxylic acids is 1. The maximum atomic E-state index is 12.9. The zero-order valence-corrected chi connectivity index (χ0v) is 12.0. The van der Waals surface area contributed by atoms with Crippen LogP contribution in [0.15, 0.2) is 23.4 Å². The van der Waals surface area contributed by atoms with Crippen molar-refractivity contribution in [2.75, 3.05) is 7.11 Å². The Morgan fingerprint density at radius 2 is 2.35 bits per heavy atom. The van der Waals surface area contributed by atoms with Crippen LogP contribution < -0.4 is 0 Å². The first-order valence-corrected chi connectivity index (χ1v) is 6.86. The topological polar surface area (TPSA) is 69.9 Å². The molecule has 2 rings (SSSR count). The molecule has 0 spiro atoms. The molecular formula is C11H10ClFN4O2S. The third-order valence-electron chi connectivity index (χ3n) is 2.38. The molecule has 2 aromatic rings. The van der Waals surface area contributed by atoms with Gasteiger partial charge in [0.15, 0.2) is 0 Å². The lowest BCUT2D eigenvalue weighted by Gasteiger charge is -2.05. The SMILES string of the molecule is COC(=O)Cn1nnnc1SCc1ccc(F)cc1Cl. The van der Waals surface area contributed by atoms with Crippen molar-refractivity contribution in [1.82, 2.24) is 20.2 Å². The summed E-state index contributed by atoms with van der Waals surface area (Å²) in [4.78, 5) is 11.2. The summed E-state index contributed by atoms with van der Waals surface area (Å²) in [6.45, 7) is -0.0665. The number of carbonyl (C=O) groups is 1. The molecule has 0 atom stereocenters. The van der Waals surface area contributed by atoms with Gasteiger partial charge in [0.2, 0.25) is 5.16 Å². The van der Waals surface area contributed by atoms with Gasteiger partial charge in [-0.25, -0.2) is 9.07 Å². The number of nitrogens with zero attached hydrogens (tertiary/aromatic N) is 4. The summed E-state index contributed by atoms with van der Waals surface area (Å²) >= 11 is 7.22. The Labute approximate surface area is 123 Å². The lowest BCUT2D eigenvalue weighted by atomic mass is 10.2. The molecule has 0 unspecified atom stereocenters. The number of halogens is 2. The molecule has 0 aliphatic heterocycles. The van der Waals surface area contributed by atoms with Gasteiger partial charge in [-0.2, -0.15) is 0 Å². The van der Waals surface area contributed by atoms with Crippen LogP contribution in [-0.4, -0.2) is 33.3 Å². The van der Waals surface area contributed by atoms with E-state index in [0.717, 1.165) is 5.56 Å². The molecule has 0 aliphatic carbocycles. The van der Waals surface area contributed by atoms with Crippen molar-refractivity contribution < 1.29 is 13.9 Å². The van der Waals surface area contributed by atoms with Gasteiger partial charge in [-0.3, -0.25) is 4.79 Å². The van der Waals surface area contributed by atoms with E-state index in [1.807, 2.05) is 0 Å². The molecule has 0 saturated heterocycles. The smallest absolute Gasteiger partial charge is 0.327 e. The van der Waals surface area contributed by atoms with Crippen molar-refractivity contribution in [2.24, 2.45) is 0 Å². The quantitative estimate of drug-likeness (QED) is 0.620. The Morgan fingerprint density at radius 1 is 1.55 bits per heavy atom. The highest BCUT2D eigenvalue weighted by atomic mass is 35.5. The molecule has 20 heavy (non-hydrogen) atoms. The number of thioether (sulfide) groups is 1. The molecule has 0 amide bonds. The Hall–Kier alpha value is -1.67. The Bertz CT molecular complexity index is 622. The van der Waals surface area contributed by atoms with E-state index < -0.39 is 5.97 Å². The zero-order valence-electron chi connectivity index (χ0n) is 10.4. The molecule has 106 valence electrons. The van der Waals surface area contributed by atoms with Crippen LogP contribution in [0.2, 0.25) is 5.02 Å². The van der Waals surface area contributed by atoms with E-state index in [4.69, 9.17) is 11.6 Å². The second-order valence-electron chi connectivity index (χ2n) is 3.72. The molecule has 0 radical (unpaired) electrons. The lowest BCUT2D eigenvalue weighted by molar-refractivity contribution is -0.141. The first kappa shape index (κ1) is 14.7. The highest BCUT2D eigenvalue weighted by molar-refractivity contribution is 7.98. The Morgan fingerprint density at radius 3 is 3.05 bits per heavy atom. The van der Waals surface area contributed by atoms with Crippen LogP contribution >= 0.6 is 23.4 Å². The van der Waals surface area contributed by atoms with Gasteiger partial charge in [-0.1, -0.05) is 29.4 Å². The van der Waals surface area contributed by atoms with Crippen LogP contribution in [0.5, 0.6) is 0 Å². The zero-order chi connectivity index (χ0) is 14.5. The van der Waals surface area contributed by atoms with E-state index in [1.165, 1.54) is 35.7 Å². The average molecular weight is 317 g/mol. The fourth-order valence-corrected chi connectivity index (χ4v) is 2.56. The van der Waals surface area contributed by atoms with Crippen LogP contribution in [-0.2, 0) is 21.8 Å². The molecule has 0 N–H and O–H groups in total. The maximum absolute atomic E-state index is 12.9. The predicted molar refractivity (Wildman–Crippen MR) is 70.8 cm³/mol. The minimum absolute atomic E-state index is 0.0665. The summed E-state index contributed by atoms with van der Waals surface area (Å²) in [5.41, 5.74) is 0.755.